The second-order valence-electron chi connectivity index (χ2n) is 5.78. The molecular weight excluding hydrogens is 336 g/mol. The average molecular weight is 356 g/mol. The first-order chi connectivity index (χ1) is 12.0. The van der Waals surface area contributed by atoms with Crippen LogP contribution in [-0.4, -0.2) is 24.7 Å². The average Bonchev–Trinajstić information content (AvgIpc) is 2.93. The maximum atomic E-state index is 12.6. The number of fused-ring (bicyclic) bond motifs is 1. The first-order valence-electron chi connectivity index (χ1n) is 7.83. The second kappa shape index (κ2) is 6.72. The minimum absolute atomic E-state index is 0.308. The van der Waals surface area contributed by atoms with E-state index in [1.54, 1.807) is 32.4 Å². The molecule has 0 spiro atoms. The summed E-state index contributed by atoms with van der Waals surface area (Å²) in [6, 6.07) is 9.21. The van der Waals surface area contributed by atoms with Gasteiger partial charge < -0.3 is 14.0 Å². The lowest BCUT2D eigenvalue weighted by Crippen LogP contribution is -2.14. The van der Waals surface area contributed by atoms with Gasteiger partial charge in [0.25, 0.3) is 5.91 Å². The number of nitrogens with zero attached hydrogens (tertiary/aromatic N) is 2. The molecule has 130 valence electrons. The Balaban J connectivity index is 2.09. The predicted molar refractivity (Wildman–Crippen MR) is 99.7 cm³/mol. The number of hydrogen-bond acceptors (Lipinski definition) is 4. The third kappa shape index (κ3) is 3.05. The number of methoxy groups -OCH3 is 2. The Morgan fingerprint density at radius 1 is 1.08 bits per heavy atom. The van der Waals surface area contributed by atoms with Gasteiger partial charge in [0.15, 0.2) is 16.3 Å². The van der Waals surface area contributed by atoms with Crippen LogP contribution in [0.3, 0.4) is 0 Å². The first kappa shape index (κ1) is 17.2. The molecule has 0 aliphatic rings. The van der Waals surface area contributed by atoms with Gasteiger partial charge in [-0.25, -0.2) is 0 Å². The molecule has 0 radical (unpaired) electrons. The van der Waals surface area contributed by atoms with E-state index in [2.05, 4.69) is 31.0 Å². The summed E-state index contributed by atoms with van der Waals surface area (Å²) in [6.07, 6.45) is 0. The smallest absolute Gasteiger partial charge is 0.279 e. The molecule has 25 heavy (non-hydrogen) atoms. The highest BCUT2D eigenvalue weighted by atomic mass is 32.1. The maximum Gasteiger partial charge on any atom is 0.279 e. The zero-order chi connectivity index (χ0) is 18.1. The van der Waals surface area contributed by atoms with Gasteiger partial charge in [0.2, 0.25) is 0 Å². The van der Waals surface area contributed by atoms with Gasteiger partial charge in [-0.2, -0.15) is 4.99 Å². The van der Waals surface area contributed by atoms with E-state index in [0.29, 0.717) is 21.9 Å². The number of carbonyl (C=O) groups excluding carboxylic acids is 1. The molecule has 0 saturated heterocycles. The fourth-order valence-corrected chi connectivity index (χ4v) is 3.83. The monoisotopic (exact) mass is 356 g/mol. The third-order valence-corrected chi connectivity index (χ3v) is 5.41. The van der Waals surface area contributed by atoms with Crippen molar-refractivity contribution in [2.75, 3.05) is 14.2 Å². The van der Waals surface area contributed by atoms with Crippen LogP contribution < -0.4 is 14.3 Å². The summed E-state index contributed by atoms with van der Waals surface area (Å²) < 4.78 is 13.5. The molecule has 0 N–H and O–H groups in total. The van der Waals surface area contributed by atoms with Crippen LogP contribution in [0.25, 0.3) is 10.2 Å². The van der Waals surface area contributed by atoms with Crippen LogP contribution in [0.4, 0.5) is 0 Å². The highest BCUT2D eigenvalue weighted by Gasteiger charge is 2.12. The highest BCUT2D eigenvalue weighted by Crippen LogP contribution is 2.28. The van der Waals surface area contributed by atoms with Crippen LogP contribution in [0.2, 0.25) is 0 Å². The van der Waals surface area contributed by atoms with E-state index in [9.17, 15) is 4.79 Å². The Labute approximate surface area is 150 Å². The molecule has 0 saturated carbocycles. The molecule has 0 atom stereocenters. The molecular formula is C19H20N2O3S. The molecule has 0 aliphatic carbocycles. The second-order valence-corrected chi connectivity index (χ2v) is 6.79. The van der Waals surface area contributed by atoms with Gasteiger partial charge in [-0.05, 0) is 49.2 Å². The number of amides is 1. The molecule has 0 fully saturated rings. The summed E-state index contributed by atoms with van der Waals surface area (Å²) >= 11 is 1.51. The molecule has 0 unspecified atom stereocenters. The predicted octanol–water partition coefficient (Wildman–Crippen LogP) is 3.61. The van der Waals surface area contributed by atoms with Crippen LogP contribution in [0.5, 0.6) is 11.5 Å². The van der Waals surface area contributed by atoms with Gasteiger partial charge in [0, 0.05) is 12.6 Å². The van der Waals surface area contributed by atoms with Crippen molar-refractivity contribution in [2.24, 2.45) is 12.0 Å². The van der Waals surface area contributed by atoms with Gasteiger partial charge in [0.05, 0.1) is 24.4 Å². The molecule has 2 aromatic carbocycles. The fraction of sp³-hybridized carbons (Fsp3) is 0.263. The number of aryl methyl sites for hydroxylation is 3. The molecule has 0 bridgehead atoms. The van der Waals surface area contributed by atoms with Crippen molar-refractivity contribution in [3.8, 4) is 11.5 Å². The van der Waals surface area contributed by atoms with Crippen molar-refractivity contribution in [1.82, 2.24) is 4.57 Å². The lowest BCUT2D eigenvalue weighted by molar-refractivity contribution is 0.0997. The Hall–Kier alpha value is -2.60. The van der Waals surface area contributed by atoms with E-state index >= 15 is 0 Å². The molecule has 1 amide bonds. The van der Waals surface area contributed by atoms with Crippen LogP contribution in [0, 0.1) is 13.8 Å². The minimum Gasteiger partial charge on any atom is -0.493 e. The Morgan fingerprint density at radius 3 is 2.48 bits per heavy atom. The van der Waals surface area contributed by atoms with Crippen molar-refractivity contribution in [1.29, 1.82) is 0 Å². The minimum atomic E-state index is -0.308. The zero-order valence-corrected chi connectivity index (χ0v) is 15.7. The topological polar surface area (TPSA) is 52.8 Å². The molecule has 3 rings (SSSR count). The summed E-state index contributed by atoms with van der Waals surface area (Å²) in [5.74, 6) is 0.783. The van der Waals surface area contributed by atoms with E-state index < -0.39 is 0 Å². The number of hydrogen-bond donors (Lipinski definition) is 0. The van der Waals surface area contributed by atoms with E-state index in [0.717, 1.165) is 10.2 Å². The number of rotatable bonds is 3. The Morgan fingerprint density at radius 2 is 1.80 bits per heavy atom. The van der Waals surface area contributed by atoms with Crippen molar-refractivity contribution < 1.29 is 14.3 Å². The Kier molecular flexibility index (Phi) is 4.63. The maximum absolute atomic E-state index is 12.6. The van der Waals surface area contributed by atoms with Gasteiger partial charge in [-0.3, -0.25) is 4.79 Å². The van der Waals surface area contributed by atoms with Crippen molar-refractivity contribution in [2.45, 2.75) is 13.8 Å². The third-order valence-electron chi connectivity index (χ3n) is 4.32. The molecule has 0 aliphatic heterocycles. The lowest BCUT2D eigenvalue weighted by Gasteiger charge is -2.07. The normalized spacial score (nSPS) is 11.8. The van der Waals surface area contributed by atoms with Crippen molar-refractivity contribution in [3.63, 3.8) is 0 Å². The van der Waals surface area contributed by atoms with Gasteiger partial charge >= 0.3 is 0 Å². The summed E-state index contributed by atoms with van der Waals surface area (Å²) in [5.41, 5.74) is 4.00. The van der Waals surface area contributed by atoms with Crippen LogP contribution >= 0.6 is 11.3 Å². The standard InChI is InChI=1S/C19H20N2O3S/c1-11-6-9-16-17(12(11)2)21(3)19(25-16)20-18(22)13-7-8-14(23-4)15(10-13)24-5/h6-10H,1-5H3. The van der Waals surface area contributed by atoms with Crippen LogP contribution in [-0.2, 0) is 7.05 Å². The quantitative estimate of drug-likeness (QED) is 0.720. The molecule has 1 heterocycles. The van der Waals surface area contributed by atoms with Gasteiger partial charge in [0.1, 0.15) is 0 Å². The largest absolute Gasteiger partial charge is 0.493 e. The molecule has 5 nitrogen and oxygen atoms in total. The molecule has 3 aromatic rings. The summed E-state index contributed by atoms with van der Waals surface area (Å²) in [4.78, 5) is 17.6. The summed E-state index contributed by atoms with van der Waals surface area (Å²) in [7, 11) is 5.04. The van der Waals surface area contributed by atoms with Gasteiger partial charge in [-0.1, -0.05) is 17.4 Å². The number of benzene rings is 2. The number of carbonyl (C=O) groups is 1. The molecule has 1 aromatic heterocycles. The van der Waals surface area contributed by atoms with Gasteiger partial charge in [-0.15, -0.1) is 0 Å². The summed E-state index contributed by atoms with van der Waals surface area (Å²) in [6.45, 7) is 4.17. The molecule has 6 heteroatoms. The van der Waals surface area contributed by atoms with E-state index in [4.69, 9.17) is 9.47 Å². The fourth-order valence-electron chi connectivity index (χ4n) is 2.76. The summed E-state index contributed by atoms with van der Waals surface area (Å²) in [5, 5.41) is 0. The number of aromatic nitrogens is 1. The van der Waals surface area contributed by atoms with Crippen molar-refractivity contribution >= 4 is 27.5 Å². The lowest BCUT2D eigenvalue weighted by atomic mass is 10.1. The van der Waals surface area contributed by atoms with Crippen LogP contribution in [0.15, 0.2) is 35.3 Å². The SMILES string of the molecule is COc1ccc(C(=O)N=c2sc3ccc(C)c(C)c3n2C)cc1OC. The first-order valence-corrected chi connectivity index (χ1v) is 8.64. The zero-order valence-electron chi connectivity index (χ0n) is 14.9. The van der Waals surface area contributed by atoms with Crippen LogP contribution in [0.1, 0.15) is 21.5 Å². The highest BCUT2D eigenvalue weighted by molar-refractivity contribution is 7.16. The Bertz CT molecular complexity index is 1030. The number of ether oxygens (including phenoxy) is 2. The van der Waals surface area contributed by atoms with E-state index in [1.165, 1.54) is 22.5 Å². The number of thiazole rings is 1. The van der Waals surface area contributed by atoms with E-state index in [-0.39, 0.29) is 5.91 Å². The van der Waals surface area contributed by atoms with E-state index in [1.807, 2.05) is 11.6 Å². The van der Waals surface area contributed by atoms with Crippen molar-refractivity contribution in [3.05, 3.63) is 51.8 Å².